The highest BCUT2D eigenvalue weighted by atomic mass is 32.2. The number of aliphatic hydroxyl groups excluding tert-OH is 1. The van der Waals surface area contributed by atoms with Crippen molar-refractivity contribution in [1.29, 1.82) is 0 Å². The zero-order valence-electron chi connectivity index (χ0n) is 42.3. The first-order valence-electron chi connectivity index (χ1n) is 24.7. The zero-order valence-corrected chi connectivity index (χ0v) is 44.0. The molecule has 3 aromatic carbocycles. The van der Waals surface area contributed by atoms with Gasteiger partial charge in [-0.1, -0.05) is 63.2 Å². The zero-order chi connectivity index (χ0) is 52.6. The number of ether oxygens (including phenoxy) is 2. The van der Waals surface area contributed by atoms with Crippen molar-refractivity contribution in [2.45, 2.75) is 76.6 Å². The molecule has 2 fully saturated rings. The number of nitrogens with zero attached hydrogens (tertiary/aromatic N) is 7. The van der Waals surface area contributed by atoms with Crippen LogP contribution in [0.4, 0.5) is 17.3 Å². The van der Waals surface area contributed by atoms with Crippen molar-refractivity contribution in [3.63, 3.8) is 0 Å². The molecule has 392 valence electrons. The van der Waals surface area contributed by atoms with E-state index in [1.165, 1.54) is 11.2 Å². The molecule has 3 atom stereocenters. The van der Waals surface area contributed by atoms with Gasteiger partial charge < -0.3 is 45.2 Å². The second-order valence-corrected chi connectivity index (χ2v) is 22.5. The van der Waals surface area contributed by atoms with Gasteiger partial charge in [0.15, 0.2) is 15.5 Å². The molecule has 2 saturated heterocycles. The van der Waals surface area contributed by atoms with Crippen LogP contribution < -0.4 is 20.9 Å². The Bertz CT molecular complexity index is 3020. The van der Waals surface area contributed by atoms with Crippen LogP contribution in [0, 0.1) is 12.3 Å². The minimum Gasteiger partial charge on any atom is -0.391 e. The number of amides is 4. The number of aliphatic hydroxyl groups is 1. The van der Waals surface area contributed by atoms with Crippen molar-refractivity contribution < 1.29 is 42.2 Å². The topological polar surface area (TPSA) is 230 Å². The SMILES string of the molecule is Cc1ncsc1-c1ccc(CNC(=O)[C@@H]2C[C@@H](O)CN2C(=O)[C@@H](NC(=O)CCOCCOCCC(=O)N2CCN(c3ccc(Nc4nc5cccc(-c6ccc(S(C)(=O)=O)cc6)n5n4)cc3)CC2)C(C)(C)C)cc1. The fraction of sp³-hybridized carbons (Fsp3) is 0.415. The highest BCUT2D eigenvalue weighted by Crippen LogP contribution is 2.30. The van der Waals surface area contributed by atoms with Crippen molar-refractivity contribution in [2.24, 2.45) is 5.41 Å². The fourth-order valence-corrected chi connectivity index (χ4v) is 10.4. The van der Waals surface area contributed by atoms with E-state index in [4.69, 9.17) is 9.47 Å². The van der Waals surface area contributed by atoms with E-state index in [0.29, 0.717) is 37.8 Å². The summed E-state index contributed by atoms with van der Waals surface area (Å²) in [4.78, 5) is 69.3. The molecule has 19 nitrogen and oxygen atoms in total. The van der Waals surface area contributed by atoms with Gasteiger partial charge in [0.1, 0.15) is 12.1 Å². The first kappa shape index (κ1) is 53.5. The monoisotopic (exact) mass is 1050 g/mol. The molecule has 2 aliphatic rings. The van der Waals surface area contributed by atoms with E-state index in [1.807, 2.05) is 105 Å². The van der Waals surface area contributed by atoms with Gasteiger partial charge in [-0.3, -0.25) is 19.2 Å². The highest BCUT2D eigenvalue weighted by Gasteiger charge is 2.44. The van der Waals surface area contributed by atoms with Crippen molar-refractivity contribution in [3.8, 4) is 21.7 Å². The summed E-state index contributed by atoms with van der Waals surface area (Å²) in [5, 5.41) is 24.3. The van der Waals surface area contributed by atoms with Gasteiger partial charge in [-0.25, -0.2) is 17.9 Å². The predicted octanol–water partition coefficient (Wildman–Crippen LogP) is 5.25. The Kier molecular flexibility index (Phi) is 17.1. The summed E-state index contributed by atoms with van der Waals surface area (Å²) in [6, 6.07) is 26.3. The lowest BCUT2D eigenvalue weighted by atomic mass is 9.85. The van der Waals surface area contributed by atoms with Gasteiger partial charge in [0.2, 0.25) is 29.6 Å². The number of fused-ring (bicyclic) bond motifs is 1. The second kappa shape index (κ2) is 23.6. The Morgan fingerprint density at radius 1 is 0.851 bits per heavy atom. The van der Waals surface area contributed by atoms with Crippen LogP contribution in [0.5, 0.6) is 0 Å². The van der Waals surface area contributed by atoms with Gasteiger partial charge in [-0.2, -0.15) is 4.98 Å². The van der Waals surface area contributed by atoms with Gasteiger partial charge in [0.05, 0.1) is 65.6 Å². The predicted molar refractivity (Wildman–Crippen MR) is 283 cm³/mol. The quantitative estimate of drug-likeness (QED) is 0.0717. The number of anilines is 3. The molecule has 74 heavy (non-hydrogen) atoms. The molecular weight excluding hydrogens is 985 g/mol. The van der Waals surface area contributed by atoms with Crippen LogP contribution in [0.2, 0.25) is 0 Å². The van der Waals surface area contributed by atoms with Crippen LogP contribution in [-0.2, 0) is 45.0 Å². The minimum absolute atomic E-state index is 0.00347. The normalized spacial score (nSPS) is 16.6. The number of rotatable bonds is 20. The number of benzene rings is 3. The van der Waals surface area contributed by atoms with Gasteiger partial charge in [0, 0.05) is 75.3 Å². The number of sulfone groups is 1. The van der Waals surface area contributed by atoms with E-state index in [-0.39, 0.29) is 81.4 Å². The molecule has 0 spiro atoms. The first-order chi connectivity index (χ1) is 35.4. The van der Waals surface area contributed by atoms with Crippen LogP contribution >= 0.6 is 11.3 Å². The number of likely N-dealkylation sites (tertiary alicyclic amines) is 1. The second-order valence-electron chi connectivity index (χ2n) is 19.6. The van der Waals surface area contributed by atoms with Crippen molar-refractivity contribution in [3.05, 3.63) is 108 Å². The van der Waals surface area contributed by atoms with E-state index < -0.39 is 39.3 Å². The Labute approximate surface area is 435 Å². The third-order valence-corrected chi connectivity index (χ3v) is 15.2. The third-order valence-electron chi connectivity index (χ3n) is 13.1. The van der Waals surface area contributed by atoms with Crippen LogP contribution in [0.25, 0.3) is 27.3 Å². The molecule has 4 N–H and O–H groups in total. The summed E-state index contributed by atoms with van der Waals surface area (Å²) >= 11 is 1.57. The Balaban J connectivity index is 0.704. The lowest BCUT2D eigenvalue weighted by Gasteiger charge is -2.36. The summed E-state index contributed by atoms with van der Waals surface area (Å²) in [5.74, 6) is -0.767. The number of aromatic nitrogens is 4. The summed E-state index contributed by atoms with van der Waals surface area (Å²) in [6.45, 7) is 11.0. The number of piperazine rings is 1. The van der Waals surface area contributed by atoms with Gasteiger partial charge >= 0.3 is 0 Å². The lowest BCUT2D eigenvalue weighted by Crippen LogP contribution is -2.57. The average Bonchev–Trinajstić information content (AvgIpc) is 4.13. The minimum atomic E-state index is -3.31. The molecule has 5 heterocycles. The van der Waals surface area contributed by atoms with Gasteiger partial charge in [0.25, 0.3) is 0 Å². The maximum Gasteiger partial charge on any atom is 0.247 e. The number of aryl methyl sites for hydroxylation is 1. The summed E-state index contributed by atoms with van der Waals surface area (Å²) in [5.41, 5.74) is 8.06. The van der Waals surface area contributed by atoms with Gasteiger partial charge in [-0.15, -0.1) is 16.4 Å². The molecule has 0 unspecified atom stereocenters. The summed E-state index contributed by atoms with van der Waals surface area (Å²) in [7, 11) is -3.31. The van der Waals surface area contributed by atoms with Crippen molar-refractivity contribution in [2.75, 3.05) is 75.6 Å². The van der Waals surface area contributed by atoms with Crippen LogP contribution in [0.15, 0.2) is 101 Å². The van der Waals surface area contributed by atoms with E-state index in [0.717, 1.165) is 44.3 Å². The standard InChI is InChI=1S/C53H64N10O9S2/c1-35-48(73-34-55-35)38-11-9-36(10-12-38)32-54-50(67)44-31-41(64)33-62(44)51(68)49(53(2,3)4)58-46(65)21-27-71-29-30-72-28-22-47(66)61-25-23-60(24-26-61)40-17-15-39(16-18-40)56-52-57-45-8-6-7-43(63(45)59-52)37-13-19-42(20-14-37)74(5,69)70/h6-20,34,41,44,49,64H,21-33H2,1-5H3,(H,54,67)(H,56,59)(H,58,65)/t41-,44+,49-/m1/s1. The molecule has 0 radical (unpaired) electrons. The lowest BCUT2D eigenvalue weighted by molar-refractivity contribution is -0.144. The number of pyridine rings is 1. The average molecular weight is 1050 g/mol. The Morgan fingerprint density at radius 2 is 1.53 bits per heavy atom. The van der Waals surface area contributed by atoms with E-state index in [2.05, 4.69) is 35.9 Å². The largest absolute Gasteiger partial charge is 0.391 e. The van der Waals surface area contributed by atoms with Crippen LogP contribution in [0.1, 0.15) is 51.3 Å². The maximum absolute atomic E-state index is 14.0. The Morgan fingerprint density at radius 3 is 2.18 bits per heavy atom. The number of carbonyl (C=O) groups excluding carboxylic acids is 4. The molecule has 2 aliphatic heterocycles. The van der Waals surface area contributed by atoms with Crippen molar-refractivity contribution in [1.82, 2.24) is 40.0 Å². The number of hydrogen-bond acceptors (Lipinski definition) is 15. The number of thiazole rings is 1. The van der Waals surface area contributed by atoms with Crippen molar-refractivity contribution >= 4 is 67.8 Å². The highest BCUT2D eigenvalue weighted by molar-refractivity contribution is 7.90. The Hall–Kier alpha value is -6.78. The molecule has 0 aliphatic carbocycles. The molecule has 4 amide bonds. The smallest absolute Gasteiger partial charge is 0.247 e. The van der Waals surface area contributed by atoms with E-state index in [1.54, 1.807) is 40.1 Å². The molecule has 8 rings (SSSR count). The molecule has 0 bridgehead atoms. The number of carbonyl (C=O) groups is 4. The number of β-amino-alcohol motifs (C(OH)–C–C–N with tert-alkyl or cyclic N) is 1. The van der Waals surface area contributed by atoms with Crippen LogP contribution in [0.3, 0.4) is 0 Å². The van der Waals surface area contributed by atoms with Gasteiger partial charge in [-0.05, 0) is 72.0 Å². The van der Waals surface area contributed by atoms with E-state index in [9.17, 15) is 32.7 Å². The van der Waals surface area contributed by atoms with Crippen LogP contribution in [-0.4, -0.2) is 150 Å². The molecule has 21 heteroatoms. The first-order valence-corrected chi connectivity index (χ1v) is 27.4. The number of hydrogen-bond donors (Lipinski definition) is 4. The summed E-state index contributed by atoms with van der Waals surface area (Å²) < 4.78 is 36.9. The molecule has 3 aromatic heterocycles. The summed E-state index contributed by atoms with van der Waals surface area (Å²) in [6.07, 6.45) is 0.627. The third kappa shape index (κ3) is 13.5. The number of nitrogens with one attached hydrogen (secondary N) is 3. The fourth-order valence-electron chi connectivity index (χ4n) is 8.97. The molecule has 6 aromatic rings. The molecule has 0 saturated carbocycles. The maximum atomic E-state index is 14.0. The molecular formula is C53H64N10O9S2. The van der Waals surface area contributed by atoms with E-state index >= 15 is 0 Å².